The minimum absolute atomic E-state index is 0.0463. The third kappa shape index (κ3) is 5.26. The van der Waals surface area contributed by atoms with Gasteiger partial charge in [0.25, 0.3) is 0 Å². The zero-order valence-electron chi connectivity index (χ0n) is 16.2. The summed E-state index contributed by atoms with van der Waals surface area (Å²) in [5.74, 6) is 0.0348. The lowest BCUT2D eigenvalue weighted by molar-refractivity contribution is 0.0596. The van der Waals surface area contributed by atoms with Crippen molar-refractivity contribution in [1.82, 2.24) is 0 Å². The molecule has 27 heavy (non-hydrogen) atoms. The first-order chi connectivity index (χ1) is 13.0. The highest BCUT2D eigenvalue weighted by Crippen LogP contribution is 2.42. The number of aromatic hydroxyl groups is 1. The van der Waals surface area contributed by atoms with Gasteiger partial charge in [0, 0.05) is 0 Å². The van der Waals surface area contributed by atoms with Crippen LogP contribution in [-0.4, -0.2) is 31.9 Å². The number of carbonyl (C=O) groups excluding carboxylic acids is 1. The van der Waals surface area contributed by atoms with Crippen molar-refractivity contribution < 1.29 is 24.1 Å². The van der Waals surface area contributed by atoms with E-state index in [2.05, 4.69) is 13.8 Å². The lowest BCUT2D eigenvalue weighted by atomic mass is 10.0. The molecule has 0 amide bonds. The van der Waals surface area contributed by atoms with Crippen LogP contribution in [0.5, 0.6) is 17.2 Å². The fraction of sp³-hybridized carbons (Fsp3) is 0.318. The van der Waals surface area contributed by atoms with E-state index >= 15 is 0 Å². The van der Waals surface area contributed by atoms with Gasteiger partial charge in [-0.25, -0.2) is 4.79 Å². The Kier molecular flexibility index (Phi) is 7.29. The first-order valence-corrected chi connectivity index (χ1v) is 8.86. The number of phenolic OH excluding ortho intramolecular Hbond substituents is 1. The van der Waals surface area contributed by atoms with Gasteiger partial charge in [-0.3, -0.25) is 0 Å². The topological polar surface area (TPSA) is 65.0 Å². The molecule has 0 bridgehead atoms. The Bertz CT molecular complexity index is 794. The normalized spacial score (nSPS) is 11.0. The van der Waals surface area contributed by atoms with Crippen molar-refractivity contribution in [3.8, 4) is 17.2 Å². The van der Waals surface area contributed by atoms with E-state index in [0.717, 1.165) is 12.0 Å². The molecule has 1 N–H and O–H groups in total. The molecule has 0 aliphatic heterocycles. The maximum Gasteiger partial charge on any atom is 0.342 e. The number of benzene rings is 2. The van der Waals surface area contributed by atoms with E-state index in [1.165, 1.54) is 14.2 Å². The molecule has 2 rings (SSSR count). The summed E-state index contributed by atoms with van der Waals surface area (Å²) in [6.45, 7) is 4.57. The van der Waals surface area contributed by atoms with Gasteiger partial charge in [0.2, 0.25) is 5.75 Å². The Morgan fingerprint density at radius 1 is 1.15 bits per heavy atom. The second-order valence-corrected chi connectivity index (χ2v) is 6.49. The Morgan fingerprint density at radius 3 is 2.44 bits per heavy atom. The summed E-state index contributed by atoms with van der Waals surface area (Å²) < 4.78 is 15.9. The molecule has 0 radical (unpaired) electrons. The molecule has 0 saturated carbocycles. The Labute approximate surface area is 160 Å². The van der Waals surface area contributed by atoms with E-state index in [9.17, 15) is 9.90 Å². The summed E-state index contributed by atoms with van der Waals surface area (Å²) in [4.78, 5) is 12.3. The van der Waals surface area contributed by atoms with E-state index in [4.69, 9.17) is 14.2 Å². The SMILES string of the molecule is COC(=O)c1c(/C=C/c2ccccc2)cc(OC)c(OCCC(C)C)c1O. The summed E-state index contributed by atoms with van der Waals surface area (Å²) in [7, 11) is 2.77. The number of rotatable bonds is 8. The largest absolute Gasteiger partial charge is 0.504 e. The van der Waals surface area contributed by atoms with Crippen LogP contribution in [0.4, 0.5) is 0 Å². The number of hydrogen-bond donors (Lipinski definition) is 1. The highest BCUT2D eigenvalue weighted by Gasteiger charge is 2.24. The smallest absolute Gasteiger partial charge is 0.342 e. The Balaban J connectivity index is 2.47. The minimum atomic E-state index is -0.642. The van der Waals surface area contributed by atoms with Crippen LogP contribution >= 0.6 is 0 Å². The van der Waals surface area contributed by atoms with Gasteiger partial charge in [0.1, 0.15) is 5.56 Å². The number of carbonyl (C=O) groups is 1. The average molecular weight is 370 g/mol. The predicted octanol–water partition coefficient (Wildman–Crippen LogP) is 4.78. The van der Waals surface area contributed by atoms with Gasteiger partial charge in [-0.1, -0.05) is 56.3 Å². The standard InChI is InChI=1S/C22H26O5/c1-15(2)12-13-27-21-18(25-3)14-17(19(20(21)23)22(24)26-4)11-10-16-8-6-5-7-9-16/h5-11,14-15,23H,12-13H2,1-4H3/b11-10+. The van der Waals surface area contributed by atoms with Gasteiger partial charge >= 0.3 is 5.97 Å². The molecule has 0 aromatic heterocycles. The molecular weight excluding hydrogens is 344 g/mol. The van der Waals surface area contributed by atoms with Crippen LogP contribution in [0.1, 0.15) is 41.8 Å². The van der Waals surface area contributed by atoms with Crippen molar-refractivity contribution in [3.05, 3.63) is 53.1 Å². The van der Waals surface area contributed by atoms with Gasteiger partial charge in [-0.05, 0) is 29.5 Å². The zero-order valence-corrected chi connectivity index (χ0v) is 16.2. The summed E-state index contributed by atoms with van der Waals surface area (Å²) in [5.41, 5.74) is 1.49. The van der Waals surface area contributed by atoms with Gasteiger partial charge < -0.3 is 19.3 Å². The first kappa shape index (κ1) is 20.4. The van der Waals surface area contributed by atoms with Crippen molar-refractivity contribution in [3.63, 3.8) is 0 Å². The summed E-state index contributed by atoms with van der Waals surface area (Å²) >= 11 is 0. The predicted molar refractivity (Wildman–Crippen MR) is 106 cm³/mol. The molecule has 0 unspecified atom stereocenters. The zero-order chi connectivity index (χ0) is 19.8. The van der Waals surface area contributed by atoms with Crippen molar-refractivity contribution >= 4 is 18.1 Å². The number of ether oxygens (including phenoxy) is 3. The number of hydrogen-bond acceptors (Lipinski definition) is 5. The van der Waals surface area contributed by atoms with E-state index in [0.29, 0.717) is 23.8 Å². The van der Waals surface area contributed by atoms with Crippen LogP contribution in [0.2, 0.25) is 0 Å². The molecule has 2 aromatic carbocycles. The number of phenols is 1. The Morgan fingerprint density at radius 2 is 1.85 bits per heavy atom. The molecule has 0 saturated heterocycles. The lowest BCUT2D eigenvalue weighted by Gasteiger charge is -2.17. The van der Waals surface area contributed by atoms with Gasteiger partial charge in [0.05, 0.1) is 20.8 Å². The molecule has 2 aromatic rings. The molecule has 0 spiro atoms. The van der Waals surface area contributed by atoms with E-state index in [-0.39, 0.29) is 17.1 Å². The monoisotopic (exact) mass is 370 g/mol. The molecule has 0 heterocycles. The fourth-order valence-corrected chi connectivity index (χ4v) is 2.53. The van der Waals surface area contributed by atoms with Gasteiger partial charge in [0.15, 0.2) is 11.5 Å². The van der Waals surface area contributed by atoms with Crippen molar-refractivity contribution in [1.29, 1.82) is 0 Å². The highest BCUT2D eigenvalue weighted by atomic mass is 16.5. The van der Waals surface area contributed by atoms with E-state index < -0.39 is 5.97 Å². The van der Waals surface area contributed by atoms with Crippen LogP contribution < -0.4 is 9.47 Å². The second-order valence-electron chi connectivity index (χ2n) is 6.49. The molecule has 0 aliphatic carbocycles. The maximum atomic E-state index is 12.3. The summed E-state index contributed by atoms with van der Waals surface area (Å²) in [6, 6.07) is 11.3. The molecule has 0 atom stereocenters. The van der Waals surface area contributed by atoms with Crippen LogP contribution in [0.25, 0.3) is 12.2 Å². The quantitative estimate of drug-likeness (QED) is 0.535. The summed E-state index contributed by atoms with van der Waals surface area (Å²) in [6.07, 6.45) is 4.40. The third-order valence-corrected chi connectivity index (χ3v) is 4.06. The van der Waals surface area contributed by atoms with Crippen molar-refractivity contribution in [2.24, 2.45) is 5.92 Å². The summed E-state index contributed by atoms with van der Waals surface area (Å²) in [5, 5.41) is 10.7. The van der Waals surface area contributed by atoms with Crippen LogP contribution in [-0.2, 0) is 4.74 Å². The first-order valence-electron chi connectivity index (χ1n) is 8.86. The minimum Gasteiger partial charge on any atom is -0.504 e. The maximum absolute atomic E-state index is 12.3. The van der Waals surface area contributed by atoms with Crippen molar-refractivity contribution in [2.45, 2.75) is 20.3 Å². The molecule has 144 valence electrons. The molecule has 0 aliphatic rings. The van der Waals surface area contributed by atoms with E-state index in [1.807, 2.05) is 36.4 Å². The van der Waals surface area contributed by atoms with Gasteiger partial charge in [-0.2, -0.15) is 0 Å². The number of esters is 1. The average Bonchev–Trinajstić information content (AvgIpc) is 2.67. The van der Waals surface area contributed by atoms with Crippen LogP contribution in [0.15, 0.2) is 36.4 Å². The van der Waals surface area contributed by atoms with Crippen molar-refractivity contribution in [2.75, 3.05) is 20.8 Å². The second kappa shape index (κ2) is 9.67. The number of methoxy groups -OCH3 is 2. The van der Waals surface area contributed by atoms with E-state index in [1.54, 1.807) is 12.1 Å². The molecule has 5 nitrogen and oxygen atoms in total. The van der Waals surface area contributed by atoms with Crippen LogP contribution in [0.3, 0.4) is 0 Å². The molecular formula is C22H26O5. The van der Waals surface area contributed by atoms with Gasteiger partial charge in [-0.15, -0.1) is 0 Å². The third-order valence-electron chi connectivity index (χ3n) is 4.06. The fourth-order valence-electron chi connectivity index (χ4n) is 2.53. The molecule has 0 fully saturated rings. The molecule has 5 heteroatoms. The Hall–Kier alpha value is -2.95. The highest BCUT2D eigenvalue weighted by molar-refractivity contribution is 5.99. The van der Waals surface area contributed by atoms with Crippen LogP contribution in [0, 0.1) is 5.92 Å². The lowest BCUT2D eigenvalue weighted by Crippen LogP contribution is -2.08.